The summed E-state index contributed by atoms with van der Waals surface area (Å²) in [5, 5.41) is 16.2. The predicted molar refractivity (Wildman–Crippen MR) is 90.1 cm³/mol. The molecule has 132 valence electrons. The molecule has 0 saturated heterocycles. The summed E-state index contributed by atoms with van der Waals surface area (Å²) in [7, 11) is 0. The van der Waals surface area contributed by atoms with Crippen LogP contribution in [0.2, 0.25) is 0 Å². The Bertz CT molecular complexity index is 320. The highest BCUT2D eigenvalue weighted by Crippen LogP contribution is 2.10. The van der Waals surface area contributed by atoms with E-state index in [2.05, 4.69) is 31.4 Å². The van der Waals surface area contributed by atoms with Gasteiger partial charge in [0.15, 0.2) is 0 Å². The second-order valence-electron chi connectivity index (χ2n) is 7.70. The maximum absolute atomic E-state index is 12.1. The number of carbonyl (C=O) groups excluding carboxylic acids is 1. The molecule has 1 atom stereocenters. The number of nitrogens with zero attached hydrogens (tertiary/aromatic N) is 1. The lowest BCUT2D eigenvalue weighted by atomic mass is 10.1. The van der Waals surface area contributed by atoms with E-state index in [1.807, 2.05) is 20.8 Å². The van der Waals surface area contributed by atoms with Crippen LogP contribution in [0.25, 0.3) is 0 Å². The minimum absolute atomic E-state index is 0.108. The van der Waals surface area contributed by atoms with Gasteiger partial charge in [0.1, 0.15) is 5.60 Å². The van der Waals surface area contributed by atoms with Gasteiger partial charge >= 0.3 is 6.09 Å². The van der Waals surface area contributed by atoms with Crippen LogP contribution in [0.15, 0.2) is 0 Å². The Morgan fingerprint density at radius 1 is 1.14 bits per heavy atom. The quantitative estimate of drug-likeness (QED) is 0.593. The van der Waals surface area contributed by atoms with Crippen molar-refractivity contribution in [3.05, 3.63) is 0 Å². The molecule has 6 nitrogen and oxygen atoms in total. The zero-order valence-corrected chi connectivity index (χ0v) is 15.3. The molecule has 0 spiro atoms. The maximum Gasteiger partial charge on any atom is 0.410 e. The number of hydrogen-bond donors (Lipinski definition) is 3. The Hall–Kier alpha value is -0.850. The topological polar surface area (TPSA) is 73.8 Å². The molecule has 1 amide bonds. The average molecular weight is 317 g/mol. The molecule has 1 unspecified atom stereocenters. The largest absolute Gasteiger partial charge is 0.444 e. The molecule has 0 aromatic carbocycles. The molecule has 0 bridgehead atoms. The molecule has 0 aliphatic carbocycles. The zero-order chi connectivity index (χ0) is 17.4. The highest BCUT2D eigenvalue weighted by molar-refractivity contribution is 5.68. The Balaban J connectivity index is 4.13. The van der Waals surface area contributed by atoms with Crippen molar-refractivity contribution in [1.82, 2.24) is 15.5 Å². The second kappa shape index (κ2) is 9.33. The SMILES string of the molecule is CC(O)CN(CCNCCNC(C)(C)C)C(=O)OC(C)(C)C. The third kappa shape index (κ3) is 12.9. The van der Waals surface area contributed by atoms with Crippen molar-refractivity contribution in [2.45, 2.75) is 65.7 Å². The number of hydrogen-bond acceptors (Lipinski definition) is 5. The molecule has 6 heteroatoms. The van der Waals surface area contributed by atoms with Crippen molar-refractivity contribution in [2.24, 2.45) is 0 Å². The van der Waals surface area contributed by atoms with Gasteiger partial charge in [0, 0.05) is 38.3 Å². The van der Waals surface area contributed by atoms with Crippen LogP contribution in [0.1, 0.15) is 48.5 Å². The van der Waals surface area contributed by atoms with E-state index in [-0.39, 0.29) is 18.2 Å². The third-order valence-electron chi connectivity index (χ3n) is 2.65. The first-order chi connectivity index (χ1) is 9.91. The van der Waals surface area contributed by atoms with E-state index in [4.69, 9.17) is 4.74 Å². The highest BCUT2D eigenvalue weighted by atomic mass is 16.6. The van der Waals surface area contributed by atoms with Crippen LogP contribution in [-0.4, -0.2) is 66.1 Å². The van der Waals surface area contributed by atoms with Gasteiger partial charge in [0.25, 0.3) is 0 Å². The fourth-order valence-electron chi connectivity index (χ4n) is 1.77. The number of nitrogens with one attached hydrogen (secondary N) is 2. The summed E-state index contributed by atoms with van der Waals surface area (Å²) in [5.41, 5.74) is -0.422. The highest BCUT2D eigenvalue weighted by Gasteiger charge is 2.22. The molecule has 0 fully saturated rings. The van der Waals surface area contributed by atoms with Crippen molar-refractivity contribution in [3.8, 4) is 0 Å². The number of amides is 1. The third-order valence-corrected chi connectivity index (χ3v) is 2.65. The van der Waals surface area contributed by atoms with Crippen LogP contribution in [0.3, 0.4) is 0 Å². The maximum atomic E-state index is 12.1. The van der Waals surface area contributed by atoms with Gasteiger partial charge in [-0.05, 0) is 48.5 Å². The number of aliphatic hydroxyl groups is 1. The Morgan fingerprint density at radius 3 is 2.18 bits per heavy atom. The molecule has 0 aromatic heterocycles. The van der Waals surface area contributed by atoms with E-state index in [0.29, 0.717) is 13.1 Å². The first-order valence-electron chi connectivity index (χ1n) is 8.02. The average Bonchev–Trinajstić information content (AvgIpc) is 2.27. The summed E-state index contributed by atoms with van der Waals surface area (Å²) >= 11 is 0. The van der Waals surface area contributed by atoms with E-state index in [1.54, 1.807) is 11.8 Å². The van der Waals surface area contributed by atoms with E-state index in [9.17, 15) is 9.90 Å². The molecular weight excluding hydrogens is 282 g/mol. The fraction of sp³-hybridized carbons (Fsp3) is 0.938. The molecule has 0 saturated carbocycles. The normalized spacial score (nSPS) is 13.8. The van der Waals surface area contributed by atoms with Gasteiger partial charge in [-0.2, -0.15) is 0 Å². The monoisotopic (exact) mass is 317 g/mol. The predicted octanol–water partition coefficient (Wildman–Crippen LogP) is 1.58. The number of ether oxygens (including phenoxy) is 1. The van der Waals surface area contributed by atoms with Crippen molar-refractivity contribution in [1.29, 1.82) is 0 Å². The van der Waals surface area contributed by atoms with Crippen LogP contribution in [-0.2, 0) is 4.74 Å². The Morgan fingerprint density at radius 2 is 1.73 bits per heavy atom. The summed E-state index contributed by atoms with van der Waals surface area (Å²) < 4.78 is 5.36. The Kier molecular flexibility index (Phi) is 8.96. The van der Waals surface area contributed by atoms with Gasteiger partial charge in [-0.25, -0.2) is 4.79 Å². The standard InChI is InChI=1S/C16H35N3O3/c1-13(20)12-19(14(21)22-16(5,6)7)11-10-17-8-9-18-15(2,3)4/h13,17-18,20H,8-12H2,1-7H3. The molecule has 0 aliphatic rings. The minimum atomic E-state index is -0.574. The van der Waals surface area contributed by atoms with E-state index < -0.39 is 11.7 Å². The molecule has 22 heavy (non-hydrogen) atoms. The number of carbonyl (C=O) groups is 1. The summed E-state index contributed by atoms with van der Waals surface area (Å²) in [5.74, 6) is 0. The number of aliphatic hydroxyl groups excluding tert-OH is 1. The lowest BCUT2D eigenvalue weighted by Crippen LogP contribution is -2.45. The van der Waals surface area contributed by atoms with Gasteiger partial charge in [0.2, 0.25) is 0 Å². The van der Waals surface area contributed by atoms with Crippen LogP contribution in [0.4, 0.5) is 4.79 Å². The van der Waals surface area contributed by atoms with E-state index >= 15 is 0 Å². The van der Waals surface area contributed by atoms with E-state index in [0.717, 1.165) is 13.1 Å². The number of rotatable bonds is 8. The summed E-state index contributed by atoms with van der Waals surface area (Å²) in [6.45, 7) is 16.7. The van der Waals surface area contributed by atoms with Gasteiger partial charge in [0.05, 0.1) is 6.10 Å². The second-order valence-corrected chi connectivity index (χ2v) is 7.70. The van der Waals surface area contributed by atoms with Crippen molar-refractivity contribution in [3.63, 3.8) is 0 Å². The van der Waals surface area contributed by atoms with Gasteiger partial charge < -0.3 is 25.4 Å². The zero-order valence-electron chi connectivity index (χ0n) is 15.3. The first kappa shape index (κ1) is 21.1. The molecule has 0 aromatic rings. The smallest absolute Gasteiger partial charge is 0.410 e. The lowest BCUT2D eigenvalue weighted by molar-refractivity contribution is 0.0164. The van der Waals surface area contributed by atoms with Crippen LogP contribution in [0, 0.1) is 0 Å². The molecule has 0 rings (SSSR count). The molecule has 0 heterocycles. The van der Waals surface area contributed by atoms with Gasteiger partial charge in [-0.15, -0.1) is 0 Å². The van der Waals surface area contributed by atoms with Gasteiger partial charge in [-0.3, -0.25) is 0 Å². The first-order valence-corrected chi connectivity index (χ1v) is 8.02. The molecule has 3 N–H and O–H groups in total. The molecule has 0 radical (unpaired) electrons. The lowest BCUT2D eigenvalue weighted by Gasteiger charge is -2.28. The minimum Gasteiger partial charge on any atom is -0.444 e. The van der Waals surface area contributed by atoms with E-state index in [1.165, 1.54) is 0 Å². The van der Waals surface area contributed by atoms with Crippen molar-refractivity contribution < 1.29 is 14.6 Å². The summed E-state index contributed by atoms with van der Waals surface area (Å²) in [4.78, 5) is 13.6. The van der Waals surface area contributed by atoms with Crippen LogP contribution in [0.5, 0.6) is 0 Å². The van der Waals surface area contributed by atoms with Crippen LogP contribution >= 0.6 is 0 Å². The van der Waals surface area contributed by atoms with Crippen molar-refractivity contribution in [2.75, 3.05) is 32.7 Å². The Labute approximate surface area is 135 Å². The summed E-state index contributed by atoms with van der Waals surface area (Å²) in [6, 6.07) is 0. The fourth-order valence-corrected chi connectivity index (χ4v) is 1.77. The van der Waals surface area contributed by atoms with Crippen molar-refractivity contribution >= 4 is 6.09 Å². The van der Waals surface area contributed by atoms with Gasteiger partial charge in [-0.1, -0.05) is 0 Å². The molecular formula is C16H35N3O3. The van der Waals surface area contributed by atoms with Crippen LogP contribution < -0.4 is 10.6 Å². The molecule has 0 aliphatic heterocycles. The summed E-state index contributed by atoms with van der Waals surface area (Å²) in [6.07, 6.45) is -0.960.